The number of carbonyl (C=O) groups excluding carboxylic acids is 1. The third-order valence-corrected chi connectivity index (χ3v) is 7.13. The van der Waals surface area contributed by atoms with E-state index in [-0.39, 0.29) is 10.8 Å². The first-order valence-corrected chi connectivity index (χ1v) is 11.6. The van der Waals surface area contributed by atoms with Crippen LogP contribution < -0.4 is 5.32 Å². The van der Waals surface area contributed by atoms with E-state index in [2.05, 4.69) is 5.32 Å². The van der Waals surface area contributed by atoms with Gasteiger partial charge in [0.25, 0.3) is 0 Å². The number of hydrogen-bond donors (Lipinski definition) is 1. The summed E-state index contributed by atoms with van der Waals surface area (Å²) in [5, 5.41) is 2.91. The lowest BCUT2D eigenvalue weighted by Crippen LogP contribution is -2.40. The molecule has 31 heavy (non-hydrogen) atoms. The van der Waals surface area contributed by atoms with Crippen molar-refractivity contribution in [1.29, 1.82) is 0 Å². The van der Waals surface area contributed by atoms with E-state index in [1.165, 1.54) is 10.4 Å². The van der Waals surface area contributed by atoms with Crippen molar-refractivity contribution < 1.29 is 17.9 Å². The van der Waals surface area contributed by atoms with Crippen molar-refractivity contribution in [2.75, 3.05) is 31.6 Å². The molecule has 1 heterocycles. The molecule has 1 aliphatic rings. The highest BCUT2D eigenvalue weighted by atomic mass is 32.2. The number of carbonyl (C=O) groups is 1. The maximum Gasteiger partial charge on any atom is 0.243 e. The smallest absolute Gasteiger partial charge is 0.243 e. The van der Waals surface area contributed by atoms with Crippen LogP contribution in [-0.4, -0.2) is 44.9 Å². The molecule has 1 N–H and O–H groups in total. The lowest BCUT2D eigenvalue weighted by Gasteiger charge is -2.26. The minimum absolute atomic E-state index is 0.156. The quantitative estimate of drug-likeness (QED) is 0.642. The maximum atomic E-state index is 13.3. The van der Waals surface area contributed by atoms with Crippen molar-refractivity contribution in [1.82, 2.24) is 4.31 Å². The largest absolute Gasteiger partial charge is 0.379 e. The molecule has 0 atom stereocenters. The average molecular weight is 437 g/mol. The molecule has 1 amide bonds. The van der Waals surface area contributed by atoms with Crippen molar-refractivity contribution in [2.45, 2.75) is 10.8 Å². The van der Waals surface area contributed by atoms with Crippen LogP contribution in [0.3, 0.4) is 0 Å². The van der Waals surface area contributed by atoms with Crippen molar-refractivity contribution >= 4 is 21.6 Å². The summed E-state index contributed by atoms with van der Waals surface area (Å²) in [6, 6.07) is 25.5. The predicted molar refractivity (Wildman–Crippen MR) is 119 cm³/mol. The van der Waals surface area contributed by atoms with Gasteiger partial charge < -0.3 is 10.1 Å². The molecular formula is C24H24N2O4S. The summed E-state index contributed by atoms with van der Waals surface area (Å²) in [7, 11) is -3.64. The van der Waals surface area contributed by atoms with Gasteiger partial charge in [0.2, 0.25) is 15.9 Å². The molecule has 0 unspecified atom stereocenters. The van der Waals surface area contributed by atoms with Gasteiger partial charge in [-0.05, 0) is 29.3 Å². The van der Waals surface area contributed by atoms with Gasteiger partial charge in [-0.2, -0.15) is 4.31 Å². The Labute approximate surface area is 182 Å². The minimum atomic E-state index is -3.64. The van der Waals surface area contributed by atoms with E-state index in [1.54, 1.807) is 18.2 Å². The second-order valence-corrected chi connectivity index (χ2v) is 9.23. The van der Waals surface area contributed by atoms with Crippen LogP contribution in [-0.2, 0) is 19.6 Å². The minimum Gasteiger partial charge on any atom is -0.379 e. The van der Waals surface area contributed by atoms with Gasteiger partial charge in [0.1, 0.15) is 0 Å². The number of anilines is 1. The van der Waals surface area contributed by atoms with E-state index < -0.39 is 15.9 Å². The van der Waals surface area contributed by atoms with Gasteiger partial charge in [0, 0.05) is 18.8 Å². The zero-order valence-electron chi connectivity index (χ0n) is 17.0. The molecule has 0 bridgehead atoms. The molecule has 3 aromatic carbocycles. The third-order valence-electron chi connectivity index (χ3n) is 5.24. The Morgan fingerprint density at radius 2 is 1.42 bits per heavy atom. The molecule has 1 fully saturated rings. The molecular weight excluding hydrogens is 412 g/mol. The van der Waals surface area contributed by atoms with E-state index >= 15 is 0 Å². The standard InChI is InChI=1S/C24H24N2O4S/c27-24(23(19-8-3-1-4-9-19)20-10-5-2-6-11-20)25-21-12-7-13-22(18-21)31(28,29)26-14-16-30-17-15-26/h1-13,18,23H,14-17H2,(H,25,27). The van der Waals surface area contributed by atoms with Crippen molar-refractivity contribution in [3.05, 3.63) is 96.1 Å². The first-order chi connectivity index (χ1) is 15.1. The number of morpholine rings is 1. The van der Waals surface area contributed by atoms with Crippen LogP contribution in [0.15, 0.2) is 89.8 Å². The van der Waals surface area contributed by atoms with Crippen LogP contribution in [0.4, 0.5) is 5.69 Å². The van der Waals surface area contributed by atoms with E-state index in [9.17, 15) is 13.2 Å². The van der Waals surface area contributed by atoms with Crippen LogP contribution in [0.5, 0.6) is 0 Å². The molecule has 160 valence electrons. The third kappa shape index (κ3) is 4.85. The van der Waals surface area contributed by atoms with E-state index in [0.29, 0.717) is 32.0 Å². The second-order valence-electron chi connectivity index (χ2n) is 7.29. The van der Waals surface area contributed by atoms with Crippen LogP contribution in [0.25, 0.3) is 0 Å². The monoisotopic (exact) mass is 436 g/mol. The topological polar surface area (TPSA) is 75.7 Å². The molecule has 4 rings (SSSR count). The van der Waals surface area contributed by atoms with Gasteiger partial charge in [0.05, 0.1) is 24.0 Å². The molecule has 0 aromatic heterocycles. The van der Waals surface area contributed by atoms with Crippen LogP contribution >= 0.6 is 0 Å². The van der Waals surface area contributed by atoms with Crippen LogP contribution in [0.2, 0.25) is 0 Å². The number of benzene rings is 3. The number of sulfonamides is 1. The fourth-order valence-electron chi connectivity index (χ4n) is 3.67. The molecule has 0 radical (unpaired) electrons. The average Bonchev–Trinajstić information content (AvgIpc) is 2.81. The van der Waals surface area contributed by atoms with Crippen molar-refractivity contribution in [2.24, 2.45) is 0 Å². The van der Waals surface area contributed by atoms with Crippen molar-refractivity contribution in [3.8, 4) is 0 Å². The zero-order valence-corrected chi connectivity index (χ0v) is 17.8. The number of amides is 1. The normalized spacial score (nSPS) is 15.0. The molecule has 1 aliphatic heterocycles. The summed E-state index contributed by atoms with van der Waals surface area (Å²) >= 11 is 0. The first kappa shape index (κ1) is 21.2. The highest BCUT2D eigenvalue weighted by Gasteiger charge is 2.27. The highest BCUT2D eigenvalue weighted by Crippen LogP contribution is 2.27. The number of ether oxygens (including phenoxy) is 1. The summed E-state index contributed by atoms with van der Waals surface area (Å²) in [4.78, 5) is 13.4. The van der Waals surface area contributed by atoms with Crippen LogP contribution in [0, 0.1) is 0 Å². The predicted octanol–water partition coefficient (Wildman–Crippen LogP) is 3.48. The maximum absolute atomic E-state index is 13.3. The molecule has 1 saturated heterocycles. The van der Waals surface area contributed by atoms with E-state index in [1.807, 2.05) is 60.7 Å². The number of nitrogens with zero attached hydrogens (tertiary/aromatic N) is 1. The molecule has 3 aromatic rings. The Bertz CT molecular complexity index is 1090. The lowest BCUT2D eigenvalue weighted by atomic mass is 9.90. The Morgan fingerprint density at radius 3 is 2.00 bits per heavy atom. The summed E-state index contributed by atoms with van der Waals surface area (Å²) in [6.45, 7) is 1.41. The molecule has 6 nitrogen and oxygen atoms in total. The zero-order chi connectivity index (χ0) is 21.7. The van der Waals surface area contributed by atoms with Gasteiger partial charge >= 0.3 is 0 Å². The van der Waals surface area contributed by atoms with E-state index in [4.69, 9.17) is 4.74 Å². The van der Waals surface area contributed by atoms with Gasteiger partial charge in [-0.15, -0.1) is 0 Å². The molecule has 0 spiro atoms. The summed E-state index contributed by atoms with van der Waals surface area (Å²) in [6.07, 6.45) is 0. The number of rotatable bonds is 6. The SMILES string of the molecule is O=C(Nc1cccc(S(=O)(=O)N2CCOCC2)c1)C(c1ccccc1)c1ccccc1. The second kappa shape index (κ2) is 9.43. The van der Waals surface area contributed by atoms with Gasteiger partial charge in [0.15, 0.2) is 0 Å². The number of nitrogens with one attached hydrogen (secondary N) is 1. The van der Waals surface area contributed by atoms with E-state index in [0.717, 1.165) is 11.1 Å². The fraction of sp³-hybridized carbons (Fsp3) is 0.208. The Kier molecular flexibility index (Phi) is 6.46. The Balaban J connectivity index is 1.60. The van der Waals surface area contributed by atoms with Gasteiger partial charge in [-0.3, -0.25) is 4.79 Å². The van der Waals surface area contributed by atoms with Gasteiger partial charge in [-0.1, -0.05) is 66.7 Å². The van der Waals surface area contributed by atoms with Crippen molar-refractivity contribution in [3.63, 3.8) is 0 Å². The fourth-order valence-corrected chi connectivity index (χ4v) is 5.13. The first-order valence-electron chi connectivity index (χ1n) is 10.1. The van der Waals surface area contributed by atoms with Gasteiger partial charge in [-0.25, -0.2) is 8.42 Å². The van der Waals surface area contributed by atoms with Crippen LogP contribution in [0.1, 0.15) is 17.0 Å². The highest BCUT2D eigenvalue weighted by molar-refractivity contribution is 7.89. The summed E-state index contributed by atoms with van der Waals surface area (Å²) < 4.78 is 32.6. The number of hydrogen-bond acceptors (Lipinski definition) is 4. The summed E-state index contributed by atoms with van der Waals surface area (Å²) in [5.41, 5.74) is 2.17. The molecule has 7 heteroatoms. The Morgan fingerprint density at radius 1 is 0.839 bits per heavy atom. The molecule has 0 aliphatic carbocycles. The lowest BCUT2D eigenvalue weighted by molar-refractivity contribution is -0.116. The Hall–Kier alpha value is -3.00. The summed E-state index contributed by atoms with van der Waals surface area (Å²) in [5.74, 6) is -0.736. The molecule has 0 saturated carbocycles.